The van der Waals surface area contributed by atoms with Crippen LogP contribution in [-0.4, -0.2) is 11.7 Å². The van der Waals surface area contributed by atoms with Gasteiger partial charge >= 0.3 is 6.09 Å². The molecule has 4 nitrogen and oxygen atoms in total. The van der Waals surface area contributed by atoms with Crippen molar-refractivity contribution < 1.29 is 9.53 Å². The molecule has 0 fully saturated rings. The number of carbonyl (C=O) groups excluding carboxylic acids is 1. The normalized spacial score (nSPS) is 13.4. The second-order valence-electron chi connectivity index (χ2n) is 6.38. The Kier molecular flexibility index (Phi) is 3.62. The first-order chi connectivity index (χ1) is 10.5. The molecule has 0 spiro atoms. The van der Waals surface area contributed by atoms with Crippen molar-refractivity contribution in [3.05, 3.63) is 59.7 Å². The largest absolute Gasteiger partial charge is 0.443 e. The van der Waals surface area contributed by atoms with E-state index in [-0.39, 0.29) is 6.04 Å². The van der Waals surface area contributed by atoms with E-state index in [0.29, 0.717) is 0 Å². The van der Waals surface area contributed by atoms with Crippen LogP contribution in [-0.2, 0) is 4.74 Å². The van der Waals surface area contributed by atoms with Crippen LogP contribution >= 0.6 is 0 Å². The minimum absolute atomic E-state index is 0.0695. The van der Waals surface area contributed by atoms with Crippen molar-refractivity contribution in [1.82, 2.24) is 10.9 Å². The fourth-order valence-electron chi connectivity index (χ4n) is 2.75. The number of hydrazine groups is 1. The third-order valence-electron chi connectivity index (χ3n) is 3.55. The van der Waals surface area contributed by atoms with Gasteiger partial charge in [0, 0.05) is 0 Å². The van der Waals surface area contributed by atoms with Gasteiger partial charge in [-0.1, -0.05) is 48.5 Å². The summed E-state index contributed by atoms with van der Waals surface area (Å²) in [5.74, 6) is 0. The van der Waals surface area contributed by atoms with E-state index in [4.69, 9.17) is 4.74 Å². The summed E-state index contributed by atoms with van der Waals surface area (Å²) in [5, 5.41) is 0. The Morgan fingerprint density at radius 2 is 1.45 bits per heavy atom. The van der Waals surface area contributed by atoms with Crippen LogP contribution in [0.15, 0.2) is 48.5 Å². The quantitative estimate of drug-likeness (QED) is 0.829. The van der Waals surface area contributed by atoms with Gasteiger partial charge in [-0.3, -0.25) is 5.43 Å². The predicted molar refractivity (Wildman–Crippen MR) is 86.2 cm³/mol. The smallest absolute Gasteiger partial charge is 0.422 e. The van der Waals surface area contributed by atoms with Crippen LogP contribution in [0.1, 0.15) is 37.9 Å². The molecule has 0 saturated carbocycles. The fourth-order valence-corrected chi connectivity index (χ4v) is 2.75. The lowest BCUT2D eigenvalue weighted by molar-refractivity contribution is 0.0492. The summed E-state index contributed by atoms with van der Waals surface area (Å²) in [7, 11) is 0. The van der Waals surface area contributed by atoms with Gasteiger partial charge in [0.05, 0.1) is 6.04 Å². The van der Waals surface area contributed by atoms with Crippen LogP contribution < -0.4 is 10.9 Å². The van der Waals surface area contributed by atoms with E-state index in [9.17, 15) is 4.79 Å². The third-order valence-corrected chi connectivity index (χ3v) is 3.55. The zero-order valence-corrected chi connectivity index (χ0v) is 13.0. The number of fused-ring (bicyclic) bond motifs is 3. The zero-order valence-electron chi connectivity index (χ0n) is 13.0. The van der Waals surface area contributed by atoms with E-state index < -0.39 is 11.7 Å². The van der Waals surface area contributed by atoms with Gasteiger partial charge in [0.25, 0.3) is 0 Å². The van der Waals surface area contributed by atoms with Crippen LogP contribution in [0.3, 0.4) is 0 Å². The monoisotopic (exact) mass is 296 g/mol. The molecule has 2 N–H and O–H groups in total. The van der Waals surface area contributed by atoms with Crippen LogP contribution in [0, 0.1) is 0 Å². The number of benzene rings is 2. The molecule has 0 saturated heterocycles. The highest BCUT2D eigenvalue weighted by molar-refractivity contribution is 5.78. The number of rotatable bonds is 2. The molecule has 0 radical (unpaired) electrons. The Morgan fingerprint density at radius 3 is 1.95 bits per heavy atom. The van der Waals surface area contributed by atoms with Crippen LogP contribution in [0.4, 0.5) is 4.79 Å². The van der Waals surface area contributed by atoms with Crippen molar-refractivity contribution in [3.63, 3.8) is 0 Å². The van der Waals surface area contributed by atoms with Gasteiger partial charge in [0.15, 0.2) is 0 Å². The van der Waals surface area contributed by atoms with E-state index in [2.05, 4.69) is 35.1 Å². The summed E-state index contributed by atoms with van der Waals surface area (Å²) < 4.78 is 5.26. The van der Waals surface area contributed by atoms with Crippen molar-refractivity contribution in [2.45, 2.75) is 32.4 Å². The fraction of sp³-hybridized carbons (Fsp3) is 0.278. The summed E-state index contributed by atoms with van der Waals surface area (Å²) in [5.41, 5.74) is 9.92. The van der Waals surface area contributed by atoms with Crippen molar-refractivity contribution >= 4 is 6.09 Å². The van der Waals surface area contributed by atoms with E-state index >= 15 is 0 Å². The molecule has 1 amide bonds. The Labute approximate surface area is 130 Å². The molecule has 0 atom stereocenters. The second-order valence-corrected chi connectivity index (χ2v) is 6.38. The summed E-state index contributed by atoms with van der Waals surface area (Å²) in [4.78, 5) is 11.8. The summed E-state index contributed by atoms with van der Waals surface area (Å²) in [6.45, 7) is 5.52. The molecule has 3 rings (SSSR count). The van der Waals surface area contributed by atoms with Gasteiger partial charge in [-0.2, -0.15) is 0 Å². The lowest BCUT2D eigenvalue weighted by Gasteiger charge is -2.22. The molecule has 0 unspecified atom stereocenters. The first-order valence-electron chi connectivity index (χ1n) is 7.38. The van der Waals surface area contributed by atoms with Gasteiger partial charge in [0.1, 0.15) is 5.60 Å². The molecule has 0 bridgehead atoms. The molecule has 2 aromatic carbocycles. The molecule has 22 heavy (non-hydrogen) atoms. The second kappa shape index (κ2) is 5.46. The minimum Gasteiger partial charge on any atom is -0.443 e. The van der Waals surface area contributed by atoms with Gasteiger partial charge in [-0.05, 0) is 43.0 Å². The zero-order chi connectivity index (χ0) is 15.7. The minimum atomic E-state index is -0.517. The van der Waals surface area contributed by atoms with Crippen molar-refractivity contribution in [2.75, 3.05) is 0 Å². The number of hydrogen-bond acceptors (Lipinski definition) is 3. The average molecular weight is 296 g/mol. The highest BCUT2D eigenvalue weighted by atomic mass is 16.6. The Morgan fingerprint density at radius 1 is 0.955 bits per heavy atom. The summed E-state index contributed by atoms with van der Waals surface area (Å²) in [6.07, 6.45) is -0.477. The van der Waals surface area contributed by atoms with Gasteiger partial charge in [0.2, 0.25) is 0 Å². The number of nitrogens with one attached hydrogen (secondary N) is 2. The highest BCUT2D eigenvalue weighted by Crippen LogP contribution is 2.42. The van der Waals surface area contributed by atoms with Crippen molar-refractivity contribution in [2.24, 2.45) is 0 Å². The van der Waals surface area contributed by atoms with Crippen LogP contribution in [0.5, 0.6) is 0 Å². The highest BCUT2D eigenvalue weighted by Gasteiger charge is 2.28. The number of hydrogen-bond donors (Lipinski definition) is 2. The maximum atomic E-state index is 11.8. The molecule has 0 heterocycles. The maximum Gasteiger partial charge on any atom is 0.422 e. The summed E-state index contributed by atoms with van der Waals surface area (Å²) in [6, 6.07) is 16.3. The first-order valence-corrected chi connectivity index (χ1v) is 7.38. The van der Waals surface area contributed by atoms with Gasteiger partial charge in [-0.25, -0.2) is 10.2 Å². The number of carbonyl (C=O) groups is 1. The van der Waals surface area contributed by atoms with Crippen LogP contribution in [0.25, 0.3) is 11.1 Å². The molecule has 1 aliphatic rings. The van der Waals surface area contributed by atoms with E-state index in [1.807, 2.05) is 45.0 Å². The molecule has 4 heteroatoms. The lowest BCUT2D eigenvalue weighted by Crippen LogP contribution is -2.42. The molecule has 114 valence electrons. The van der Waals surface area contributed by atoms with E-state index in [0.717, 1.165) is 11.1 Å². The Bertz CT molecular complexity index is 659. The number of ether oxygens (including phenoxy) is 1. The first kappa shape index (κ1) is 14.6. The van der Waals surface area contributed by atoms with Crippen LogP contribution in [0.2, 0.25) is 0 Å². The number of amides is 1. The lowest BCUT2D eigenvalue weighted by atomic mass is 10.1. The van der Waals surface area contributed by atoms with Gasteiger partial charge in [-0.15, -0.1) is 0 Å². The van der Waals surface area contributed by atoms with Crippen molar-refractivity contribution in [3.8, 4) is 11.1 Å². The predicted octanol–water partition coefficient (Wildman–Crippen LogP) is 3.79. The van der Waals surface area contributed by atoms with E-state index in [1.165, 1.54) is 11.1 Å². The molecule has 0 aromatic heterocycles. The van der Waals surface area contributed by atoms with Crippen molar-refractivity contribution in [1.29, 1.82) is 0 Å². The maximum absolute atomic E-state index is 11.8. The molecule has 1 aliphatic carbocycles. The molecular weight excluding hydrogens is 276 g/mol. The molecule has 2 aromatic rings. The van der Waals surface area contributed by atoms with Gasteiger partial charge < -0.3 is 4.74 Å². The SMILES string of the molecule is CC(C)(C)OC(=O)NNC1c2ccccc2-c2ccccc21. The standard InChI is InChI=1S/C18H20N2O2/c1-18(2,3)22-17(21)20-19-16-14-10-6-4-8-12(14)13-9-5-7-11-15(13)16/h4-11,16,19H,1-3H3,(H,20,21). The third kappa shape index (κ3) is 2.83. The average Bonchev–Trinajstić information content (AvgIpc) is 2.78. The molecule has 0 aliphatic heterocycles. The Balaban J connectivity index is 1.81. The Hall–Kier alpha value is -2.33. The molecular formula is C18H20N2O2. The summed E-state index contributed by atoms with van der Waals surface area (Å²) >= 11 is 0. The topological polar surface area (TPSA) is 50.4 Å². The van der Waals surface area contributed by atoms with E-state index in [1.54, 1.807) is 0 Å².